The predicted octanol–water partition coefficient (Wildman–Crippen LogP) is 6.86. The van der Waals surface area contributed by atoms with Crippen LogP contribution >= 0.6 is 0 Å². The first-order chi connectivity index (χ1) is 15.1. The first-order valence-corrected chi connectivity index (χ1v) is 12.6. The van der Waals surface area contributed by atoms with Crippen molar-refractivity contribution in [2.24, 2.45) is 11.8 Å². The van der Waals surface area contributed by atoms with Gasteiger partial charge in [-0.3, -0.25) is 0 Å². The molecule has 3 rings (SSSR count). The third-order valence-electron chi connectivity index (χ3n) is 7.48. The van der Waals surface area contributed by atoms with Gasteiger partial charge in [-0.1, -0.05) is 76.3 Å². The van der Waals surface area contributed by atoms with Crippen LogP contribution in [-0.2, 0) is 5.41 Å². The van der Waals surface area contributed by atoms with Crippen LogP contribution in [0.3, 0.4) is 0 Å². The Labute approximate surface area is 190 Å². The van der Waals surface area contributed by atoms with Crippen molar-refractivity contribution in [3.8, 4) is 11.5 Å². The molecule has 3 nitrogen and oxygen atoms in total. The summed E-state index contributed by atoms with van der Waals surface area (Å²) in [7, 11) is 2.21. The number of unbranched alkanes of at least 4 members (excludes halogenated alkanes) is 5. The van der Waals surface area contributed by atoms with Gasteiger partial charge >= 0.3 is 0 Å². The molecular weight excluding hydrogens is 382 g/mol. The van der Waals surface area contributed by atoms with Crippen LogP contribution in [0, 0.1) is 11.8 Å². The van der Waals surface area contributed by atoms with Crippen LogP contribution in [0.15, 0.2) is 42.5 Å². The van der Waals surface area contributed by atoms with Crippen molar-refractivity contribution in [3.05, 3.63) is 48.1 Å². The summed E-state index contributed by atoms with van der Waals surface area (Å²) in [5.74, 6) is 2.12. The molecule has 0 saturated carbocycles. The number of phenolic OH excluding ortho intramolecular Hbond substituents is 1. The fraction of sp³-hybridized carbons (Fsp3) is 0.643. The van der Waals surface area contributed by atoms with Crippen molar-refractivity contribution in [2.45, 2.75) is 77.0 Å². The Bertz CT molecular complexity index is 733. The average Bonchev–Trinajstić information content (AvgIpc) is 2.79. The first-order valence-electron chi connectivity index (χ1n) is 12.6. The second kappa shape index (κ2) is 11.8. The number of hydrogen-bond acceptors (Lipinski definition) is 3. The maximum atomic E-state index is 11.2. The molecular formula is C28H43NO2. The summed E-state index contributed by atoms with van der Waals surface area (Å²) < 4.78 is 5.98. The smallest absolute Gasteiger partial charge is 0.123 e. The molecule has 2 atom stereocenters. The first kappa shape index (κ1) is 23.9. The van der Waals surface area contributed by atoms with E-state index >= 15 is 0 Å². The van der Waals surface area contributed by atoms with Gasteiger partial charge in [0.15, 0.2) is 0 Å². The molecule has 0 bridgehead atoms. The predicted molar refractivity (Wildman–Crippen MR) is 131 cm³/mol. The van der Waals surface area contributed by atoms with Crippen molar-refractivity contribution >= 4 is 0 Å². The molecule has 31 heavy (non-hydrogen) atoms. The number of piperidine rings is 1. The standard InChI is InChI=1S/C28H43NO2/c1-4-6-7-8-9-12-21-31-25-14-15-26(27(30)22-25)28(18-11-10-13-23(28)5-2)24-16-19-29(3)20-17-24/h10-11,13-15,18,22-24,30H,4-9,12,16-17,19-21H2,1-3H3. The number of aromatic hydroxyl groups is 1. The van der Waals surface area contributed by atoms with Crippen molar-refractivity contribution in [1.82, 2.24) is 4.90 Å². The molecule has 1 N–H and O–H groups in total. The molecule has 1 heterocycles. The maximum absolute atomic E-state index is 11.2. The summed E-state index contributed by atoms with van der Waals surface area (Å²) >= 11 is 0. The molecule has 1 aromatic rings. The van der Waals surface area contributed by atoms with Gasteiger partial charge < -0.3 is 14.7 Å². The zero-order valence-corrected chi connectivity index (χ0v) is 20.0. The lowest BCUT2D eigenvalue weighted by molar-refractivity contribution is 0.139. The normalized spacial score (nSPS) is 24.5. The molecule has 0 amide bonds. The Kier molecular flexibility index (Phi) is 9.07. The summed E-state index contributed by atoms with van der Waals surface area (Å²) in [5.41, 5.74) is 0.938. The Morgan fingerprint density at radius 1 is 1.03 bits per heavy atom. The number of hydrogen-bond donors (Lipinski definition) is 1. The molecule has 0 spiro atoms. The van der Waals surface area contributed by atoms with E-state index in [0.29, 0.717) is 17.6 Å². The molecule has 0 aromatic heterocycles. The molecule has 0 radical (unpaired) electrons. The minimum absolute atomic E-state index is 0.132. The van der Waals surface area contributed by atoms with E-state index in [0.717, 1.165) is 43.9 Å². The molecule has 2 unspecified atom stereocenters. The van der Waals surface area contributed by atoms with Crippen molar-refractivity contribution in [1.29, 1.82) is 0 Å². The van der Waals surface area contributed by atoms with Crippen LogP contribution in [0.4, 0.5) is 0 Å². The summed E-state index contributed by atoms with van der Waals surface area (Å²) in [6, 6.07) is 6.06. The number of phenols is 1. The van der Waals surface area contributed by atoms with Gasteiger partial charge in [-0.05, 0) is 63.7 Å². The van der Waals surface area contributed by atoms with E-state index < -0.39 is 0 Å². The molecule has 1 aromatic carbocycles. The monoisotopic (exact) mass is 425 g/mol. The molecule has 1 aliphatic carbocycles. The number of nitrogens with zero attached hydrogens (tertiary/aromatic N) is 1. The lowest BCUT2D eigenvalue weighted by atomic mass is 9.57. The van der Waals surface area contributed by atoms with E-state index in [1.54, 1.807) is 0 Å². The van der Waals surface area contributed by atoms with Gasteiger partial charge in [0.25, 0.3) is 0 Å². The second-order valence-electron chi connectivity index (χ2n) is 9.56. The van der Waals surface area contributed by atoms with Crippen LogP contribution in [0.2, 0.25) is 0 Å². The molecule has 172 valence electrons. The highest BCUT2D eigenvalue weighted by atomic mass is 16.5. The van der Waals surface area contributed by atoms with Gasteiger partial charge in [-0.25, -0.2) is 0 Å². The Morgan fingerprint density at radius 2 is 1.77 bits per heavy atom. The maximum Gasteiger partial charge on any atom is 0.123 e. The number of allylic oxidation sites excluding steroid dienone is 4. The van der Waals surface area contributed by atoms with Gasteiger partial charge in [0, 0.05) is 17.0 Å². The van der Waals surface area contributed by atoms with Gasteiger partial charge in [0.1, 0.15) is 11.5 Å². The van der Waals surface area contributed by atoms with Gasteiger partial charge in [-0.15, -0.1) is 0 Å². The highest BCUT2D eigenvalue weighted by Crippen LogP contribution is 2.51. The van der Waals surface area contributed by atoms with E-state index in [2.05, 4.69) is 62.2 Å². The molecule has 3 heteroatoms. The highest BCUT2D eigenvalue weighted by Gasteiger charge is 2.46. The average molecular weight is 426 g/mol. The van der Waals surface area contributed by atoms with Gasteiger partial charge in [0.2, 0.25) is 0 Å². The Balaban J connectivity index is 1.73. The number of likely N-dealkylation sites (tertiary alicyclic amines) is 1. The van der Waals surface area contributed by atoms with E-state index in [1.807, 2.05) is 6.07 Å². The number of benzene rings is 1. The summed E-state index contributed by atoms with van der Waals surface area (Å²) in [5, 5.41) is 11.2. The zero-order chi connectivity index (χ0) is 22.1. The van der Waals surface area contributed by atoms with Gasteiger partial charge in [0.05, 0.1) is 6.61 Å². The quantitative estimate of drug-likeness (QED) is 0.393. The fourth-order valence-electron chi connectivity index (χ4n) is 5.64. The van der Waals surface area contributed by atoms with Crippen LogP contribution < -0.4 is 4.74 Å². The summed E-state index contributed by atoms with van der Waals surface area (Å²) in [6.45, 7) is 7.50. The van der Waals surface area contributed by atoms with E-state index in [9.17, 15) is 5.11 Å². The molecule has 1 saturated heterocycles. The summed E-state index contributed by atoms with van der Waals surface area (Å²) in [4.78, 5) is 2.42. The third-order valence-corrected chi connectivity index (χ3v) is 7.48. The van der Waals surface area contributed by atoms with Gasteiger partial charge in [-0.2, -0.15) is 0 Å². The zero-order valence-electron chi connectivity index (χ0n) is 20.0. The van der Waals surface area contributed by atoms with E-state index in [4.69, 9.17) is 4.74 Å². The minimum Gasteiger partial charge on any atom is -0.507 e. The largest absolute Gasteiger partial charge is 0.507 e. The second-order valence-corrected chi connectivity index (χ2v) is 9.56. The topological polar surface area (TPSA) is 32.7 Å². The SMILES string of the molecule is CCCCCCCCOc1ccc(C2(C3CCN(C)CC3)C=CC=CC2CC)c(O)c1. The number of ether oxygens (including phenoxy) is 1. The van der Waals surface area contributed by atoms with E-state index in [-0.39, 0.29) is 5.41 Å². The highest BCUT2D eigenvalue weighted by molar-refractivity contribution is 5.49. The lowest BCUT2D eigenvalue weighted by Crippen LogP contribution is -2.46. The lowest BCUT2D eigenvalue weighted by Gasteiger charge is -2.48. The van der Waals surface area contributed by atoms with E-state index in [1.165, 1.54) is 44.9 Å². The molecule has 2 aliphatic rings. The molecule has 1 aliphatic heterocycles. The van der Waals surface area contributed by atoms with Crippen LogP contribution in [-0.4, -0.2) is 36.8 Å². The van der Waals surface area contributed by atoms with Crippen LogP contribution in [0.5, 0.6) is 11.5 Å². The van der Waals surface area contributed by atoms with Crippen molar-refractivity contribution in [2.75, 3.05) is 26.7 Å². The minimum atomic E-state index is -0.132. The van der Waals surface area contributed by atoms with Crippen LogP contribution in [0.1, 0.15) is 77.2 Å². The summed E-state index contributed by atoms with van der Waals surface area (Å²) in [6.07, 6.45) is 20.0. The fourth-order valence-corrected chi connectivity index (χ4v) is 5.64. The molecule has 1 fully saturated rings. The van der Waals surface area contributed by atoms with Crippen LogP contribution in [0.25, 0.3) is 0 Å². The Morgan fingerprint density at radius 3 is 2.48 bits per heavy atom. The third kappa shape index (κ3) is 5.74. The van der Waals surface area contributed by atoms with Crippen molar-refractivity contribution in [3.63, 3.8) is 0 Å². The number of rotatable bonds is 11. The Hall–Kier alpha value is -1.74. The van der Waals surface area contributed by atoms with Crippen molar-refractivity contribution < 1.29 is 9.84 Å².